The average Bonchev–Trinajstić information content (AvgIpc) is 2.86. The Labute approximate surface area is 206 Å². The van der Waals surface area contributed by atoms with Crippen molar-refractivity contribution in [2.24, 2.45) is 0 Å². The fourth-order valence-electron chi connectivity index (χ4n) is 3.74. The maximum absolute atomic E-state index is 12.7. The van der Waals surface area contributed by atoms with E-state index in [4.69, 9.17) is 28.6 Å². The van der Waals surface area contributed by atoms with Gasteiger partial charge in [-0.1, -0.05) is 35.3 Å². The molecule has 176 valence electrons. The van der Waals surface area contributed by atoms with Crippen molar-refractivity contribution < 1.29 is 4.79 Å². The molecule has 0 atom stereocenters. The molecule has 0 bridgehead atoms. The van der Waals surface area contributed by atoms with Gasteiger partial charge < -0.3 is 20.9 Å². The van der Waals surface area contributed by atoms with Crippen molar-refractivity contribution in [3.8, 4) is 0 Å². The molecule has 0 saturated carbocycles. The van der Waals surface area contributed by atoms with Crippen LogP contribution in [0.2, 0.25) is 10.0 Å². The Morgan fingerprint density at radius 3 is 2.68 bits per heavy atom. The van der Waals surface area contributed by atoms with Gasteiger partial charge in [-0.15, -0.1) is 0 Å². The molecule has 3 aromatic rings. The number of carbonyl (C=O) groups is 1. The number of hydrogen-bond acceptors (Lipinski definition) is 7. The van der Waals surface area contributed by atoms with Gasteiger partial charge in [0.2, 0.25) is 5.95 Å². The number of hydrogen-bond donors (Lipinski definition) is 4. The molecule has 1 aliphatic rings. The molecular formula is C23H23Cl2N7O2. The lowest BCUT2D eigenvalue weighted by atomic mass is 10.0. The summed E-state index contributed by atoms with van der Waals surface area (Å²) >= 11 is 12.0. The number of nitrogens with zero attached hydrogens (tertiary/aromatic N) is 3. The summed E-state index contributed by atoms with van der Waals surface area (Å²) in [4.78, 5) is 38.3. The topological polar surface area (TPSA) is 127 Å². The fourth-order valence-corrected chi connectivity index (χ4v) is 4.06. The third-order valence-corrected chi connectivity index (χ3v) is 6.28. The van der Waals surface area contributed by atoms with Crippen LogP contribution in [0.1, 0.15) is 34.6 Å². The highest BCUT2D eigenvalue weighted by atomic mass is 35.5. The van der Waals surface area contributed by atoms with E-state index in [9.17, 15) is 9.59 Å². The molecule has 1 fully saturated rings. The number of halogens is 2. The number of likely N-dealkylation sites (tertiary alicyclic amines) is 1. The molecule has 1 aliphatic heterocycles. The molecule has 0 radical (unpaired) electrons. The third kappa shape index (κ3) is 5.55. The summed E-state index contributed by atoms with van der Waals surface area (Å²) in [7, 11) is 0. The van der Waals surface area contributed by atoms with Gasteiger partial charge >= 0.3 is 0 Å². The Balaban J connectivity index is 1.38. The number of piperidine rings is 1. The van der Waals surface area contributed by atoms with Gasteiger partial charge in [-0.05, 0) is 42.7 Å². The molecule has 1 amide bonds. The van der Waals surface area contributed by atoms with Crippen LogP contribution in [-0.4, -0.2) is 51.1 Å². The molecule has 4 N–H and O–H groups in total. The van der Waals surface area contributed by atoms with Crippen molar-refractivity contribution in [1.82, 2.24) is 19.9 Å². The first kappa shape index (κ1) is 23.7. The predicted octanol–water partition coefficient (Wildman–Crippen LogP) is 3.80. The molecule has 0 spiro atoms. The van der Waals surface area contributed by atoms with Gasteiger partial charge in [0.05, 0.1) is 10.0 Å². The van der Waals surface area contributed by atoms with Crippen molar-refractivity contribution in [2.75, 3.05) is 23.7 Å². The van der Waals surface area contributed by atoms with Crippen molar-refractivity contribution in [3.63, 3.8) is 0 Å². The summed E-state index contributed by atoms with van der Waals surface area (Å²) in [5, 5.41) is 14.9. The summed E-state index contributed by atoms with van der Waals surface area (Å²) in [6, 6.07) is 10.5. The number of anilines is 2. The zero-order chi connectivity index (χ0) is 24.1. The first-order valence-corrected chi connectivity index (χ1v) is 11.5. The van der Waals surface area contributed by atoms with E-state index in [0.717, 1.165) is 11.8 Å². The number of carbonyl (C=O) groups excluding carboxylic acids is 1. The zero-order valence-electron chi connectivity index (χ0n) is 18.1. The standard InChI is InChI=1S/C23H23Cl2N7O2/c24-16-5-4-14(11-17(16)25)13-28-23-30-19(12-26)20(21(33)31-23)29-15-6-9-32(10-7-15)22(34)18-3-1-2-8-27-18/h1-5,8,11-12,15,26,29H,6-7,9-10,13H2,(H2,28,30,31,33). The summed E-state index contributed by atoms with van der Waals surface area (Å²) in [5.41, 5.74) is 1.38. The minimum absolute atomic E-state index is 0.0237. The van der Waals surface area contributed by atoms with Gasteiger partial charge in [0.25, 0.3) is 11.5 Å². The molecule has 1 saturated heterocycles. The quantitative estimate of drug-likeness (QED) is 0.366. The number of aromatic amines is 1. The second-order valence-corrected chi connectivity index (χ2v) is 8.66. The SMILES string of the molecule is N=Cc1nc(NCc2ccc(Cl)c(Cl)c2)[nH]c(=O)c1NC1CCN(C(=O)c2ccccn2)CC1. The smallest absolute Gasteiger partial charge is 0.276 e. The molecule has 34 heavy (non-hydrogen) atoms. The summed E-state index contributed by atoms with van der Waals surface area (Å²) < 4.78 is 0. The normalized spacial score (nSPS) is 14.0. The number of pyridine rings is 1. The van der Waals surface area contributed by atoms with Gasteiger partial charge in [0.15, 0.2) is 0 Å². The highest BCUT2D eigenvalue weighted by molar-refractivity contribution is 6.42. The molecule has 0 unspecified atom stereocenters. The lowest BCUT2D eigenvalue weighted by Gasteiger charge is -2.32. The van der Waals surface area contributed by atoms with Gasteiger partial charge in [0.1, 0.15) is 17.1 Å². The van der Waals surface area contributed by atoms with E-state index < -0.39 is 0 Å². The maximum atomic E-state index is 12.7. The van der Waals surface area contributed by atoms with Crippen LogP contribution in [-0.2, 0) is 6.54 Å². The van der Waals surface area contributed by atoms with Crippen LogP contribution in [0, 0.1) is 5.41 Å². The summed E-state index contributed by atoms with van der Waals surface area (Å²) in [6.07, 6.45) is 3.96. The molecule has 0 aliphatic carbocycles. The van der Waals surface area contributed by atoms with Crippen LogP contribution in [0.4, 0.5) is 11.6 Å². The zero-order valence-corrected chi connectivity index (χ0v) is 19.7. The monoisotopic (exact) mass is 499 g/mol. The van der Waals surface area contributed by atoms with Crippen LogP contribution in [0.3, 0.4) is 0 Å². The van der Waals surface area contributed by atoms with Crippen molar-refractivity contribution in [1.29, 1.82) is 5.41 Å². The van der Waals surface area contributed by atoms with E-state index in [1.54, 1.807) is 41.4 Å². The Kier molecular flexibility index (Phi) is 7.44. The number of H-pyrrole nitrogens is 1. The molecule has 1 aromatic carbocycles. The van der Waals surface area contributed by atoms with E-state index in [1.165, 1.54) is 0 Å². The number of benzene rings is 1. The van der Waals surface area contributed by atoms with Crippen LogP contribution in [0.25, 0.3) is 0 Å². The number of nitrogens with one attached hydrogen (secondary N) is 4. The van der Waals surface area contributed by atoms with Crippen molar-refractivity contribution in [2.45, 2.75) is 25.4 Å². The van der Waals surface area contributed by atoms with E-state index in [2.05, 4.69) is 25.6 Å². The average molecular weight is 500 g/mol. The van der Waals surface area contributed by atoms with Crippen molar-refractivity contribution >= 4 is 47.0 Å². The van der Waals surface area contributed by atoms with Crippen LogP contribution in [0.15, 0.2) is 47.4 Å². The highest BCUT2D eigenvalue weighted by Crippen LogP contribution is 2.23. The van der Waals surface area contributed by atoms with E-state index in [0.29, 0.717) is 48.2 Å². The fraction of sp³-hybridized carbons (Fsp3) is 0.261. The second-order valence-electron chi connectivity index (χ2n) is 7.85. The van der Waals surface area contributed by atoms with E-state index >= 15 is 0 Å². The largest absolute Gasteiger partial charge is 0.376 e. The number of rotatable bonds is 7. The number of amides is 1. The Hall–Kier alpha value is -3.43. The lowest BCUT2D eigenvalue weighted by molar-refractivity contribution is 0.0712. The van der Waals surface area contributed by atoms with E-state index in [1.807, 2.05) is 6.07 Å². The molecule has 4 rings (SSSR count). The second kappa shape index (κ2) is 10.7. The Bertz CT molecular complexity index is 1240. The maximum Gasteiger partial charge on any atom is 0.276 e. The Morgan fingerprint density at radius 1 is 1.21 bits per heavy atom. The molecule has 11 heteroatoms. The first-order valence-electron chi connectivity index (χ1n) is 10.7. The molecule has 3 heterocycles. The highest BCUT2D eigenvalue weighted by Gasteiger charge is 2.25. The molecule has 2 aromatic heterocycles. The van der Waals surface area contributed by atoms with Gasteiger partial charge in [-0.25, -0.2) is 4.98 Å². The van der Waals surface area contributed by atoms with E-state index in [-0.39, 0.29) is 34.8 Å². The minimum Gasteiger partial charge on any atom is -0.376 e. The predicted molar refractivity (Wildman–Crippen MR) is 133 cm³/mol. The third-order valence-electron chi connectivity index (χ3n) is 5.54. The van der Waals surface area contributed by atoms with Gasteiger partial charge in [-0.2, -0.15) is 0 Å². The van der Waals surface area contributed by atoms with Crippen LogP contribution >= 0.6 is 23.2 Å². The van der Waals surface area contributed by atoms with Crippen molar-refractivity contribution in [3.05, 3.63) is 79.9 Å². The molecule has 9 nitrogen and oxygen atoms in total. The summed E-state index contributed by atoms with van der Waals surface area (Å²) in [5.74, 6) is 0.145. The lowest BCUT2D eigenvalue weighted by Crippen LogP contribution is -2.43. The molecular weight excluding hydrogens is 477 g/mol. The van der Waals surface area contributed by atoms with Crippen LogP contribution < -0.4 is 16.2 Å². The van der Waals surface area contributed by atoms with Gasteiger partial charge in [-0.3, -0.25) is 19.6 Å². The number of aromatic nitrogens is 3. The minimum atomic E-state index is -0.378. The summed E-state index contributed by atoms with van der Waals surface area (Å²) in [6.45, 7) is 1.45. The first-order chi connectivity index (χ1) is 16.4. The van der Waals surface area contributed by atoms with Gasteiger partial charge in [0, 0.05) is 38.1 Å². The Morgan fingerprint density at radius 2 is 2.00 bits per heavy atom. The van der Waals surface area contributed by atoms with Crippen LogP contribution in [0.5, 0.6) is 0 Å².